The van der Waals surface area contributed by atoms with Crippen molar-refractivity contribution in [2.75, 3.05) is 80.5 Å². The lowest BCUT2D eigenvalue weighted by Gasteiger charge is -2.32. The number of ketones is 1. The van der Waals surface area contributed by atoms with E-state index in [-0.39, 0.29) is 29.8 Å². The second kappa shape index (κ2) is 13.6. The molecule has 1 N–H and O–H groups in total. The fourth-order valence-corrected chi connectivity index (χ4v) is 9.05. The second-order valence-electron chi connectivity index (χ2n) is 15.2. The Hall–Kier alpha value is -1.66. The van der Waals surface area contributed by atoms with Crippen LogP contribution in [0.25, 0.3) is 0 Å². The van der Waals surface area contributed by atoms with E-state index in [1.54, 1.807) is 0 Å². The Morgan fingerprint density at radius 2 is 1.14 bits per heavy atom. The number of hydrogen-bond acceptors (Lipinski definition) is 10. The van der Waals surface area contributed by atoms with Gasteiger partial charge in [0.05, 0.1) is 11.8 Å². The fraction of sp³-hybridized carbons (Fsp3) is 0.879. The van der Waals surface area contributed by atoms with E-state index >= 15 is 0 Å². The number of ether oxygens (including phenoxy) is 2. The van der Waals surface area contributed by atoms with Crippen LogP contribution in [0, 0.1) is 53.3 Å². The molecule has 248 valence electrons. The minimum Gasteiger partial charge on any atom is -0.482 e. The number of thiocarbonyl (C=S) groups is 1. The van der Waals surface area contributed by atoms with Gasteiger partial charge in [-0.1, -0.05) is 27.7 Å². The van der Waals surface area contributed by atoms with Crippen molar-refractivity contribution in [3.63, 3.8) is 0 Å². The average molecular weight is 634 g/mol. The fourth-order valence-electron chi connectivity index (χ4n) is 8.63. The molecular formula is C33H55N5O5S. The molecule has 7 aliphatic heterocycles. The van der Waals surface area contributed by atoms with Crippen LogP contribution in [0.1, 0.15) is 34.1 Å². The van der Waals surface area contributed by atoms with Gasteiger partial charge < -0.3 is 34.4 Å². The summed E-state index contributed by atoms with van der Waals surface area (Å²) in [6.07, 6.45) is 1.37. The Kier molecular flexibility index (Phi) is 10.4. The quantitative estimate of drug-likeness (QED) is 0.312. The Balaban J connectivity index is 0.000000116. The summed E-state index contributed by atoms with van der Waals surface area (Å²) in [7, 11) is 8.35. The van der Waals surface area contributed by atoms with Crippen LogP contribution in [-0.2, 0) is 23.9 Å². The van der Waals surface area contributed by atoms with E-state index in [0.29, 0.717) is 59.4 Å². The van der Waals surface area contributed by atoms with Crippen molar-refractivity contribution in [1.29, 1.82) is 0 Å². The van der Waals surface area contributed by atoms with E-state index in [1.165, 1.54) is 0 Å². The Morgan fingerprint density at radius 3 is 1.73 bits per heavy atom. The first-order valence-electron chi connectivity index (χ1n) is 16.7. The molecule has 12 unspecified atom stereocenters. The molecule has 8 rings (SSSR count). The first-order valence-corrected chi connectivity index (χ1v) is 17.1. The number of nitrogens with one attached hydrogen (secondary N) is 1. The third-order valence-electron chi connectivity index (χ3n) is 11.8. The van der Waals surface area contributed by atoms with E-state index in [9.17, 15) is 14.4 Å². The minimum atomic E-state index is 0.00634. The molecule has 0 aromatic heterocycles. The smallest absolute Gasteiger partial charge is 0.310 e. The number of amides is 1. The van der Waals surface area contributed by atoms with Gasteiger partial charge >= 0.3 is 5.97 Å². The number of likely N-dealkylation sites (tertiary alicyclic amines) is 4. The molecular weight excluding hydrogens is 578 g/mol. The van der Waals surface area contributed by atoms with Gasteiger partial charge in [-0.25, -0.2) is 0 Å². The van der Waals surface area contributed by atoms with Crippen LogP contribution in [0.4, 0.5) is 0 Å². The van der Waals surface area contributed by atoms with Crippen LogP contribution in [0.3, 0.4) is 0 Å². The standard InChI is InChI=1S/C9H15NO.C8H14N2O.C8H13NO2.C8H13NOS/c1-6-7-3-9(11)8(6)5-10(2)4-7;1-5-6-3-10(2)4-7(5)9-8(6)11;1-5-6-3-9(2)4-7(5)11-8(6)10;1-5-6-3-9(2)4-7(5)10-8(6)11/h6-8H,3-5H2,1-2H3;5-7H,3-4H2,1-2H3,(H,9,11);2*5-7H,3-4H2,1-2H3. The first-order chi connectivity index (χ1) is 20.7. The summed E-state index contributed by atoms with van der Waals surface area (Å²) < 4.78 is 10.7. The molecule has 1 saturated carbocycles. The Morgan fingerprint density at radius 1 is 0.614 bits per heavy atom. The van der Waals surface area contributed by atoms with Crippen molar-refractivity contribution >= 4 is 34.9 Å². The highest BCUT2D eigenvalue weighted by molar-refractivity contribution is 7.80. The molecule has 7 heterocycles. The van der Waals surface area contributed by atoms with Crippen molar-refractivity contribution in [1.82, 2.24) is 24.9 Å². The SMILES string of the molecule is CC1C2CC(=O)C1CN(C)C2.CC1C2CN(C)CC1C(=O)N2.CC1C2CN(C)CC1C(=O)O2.CC1C2CN(C)CC1C(=S)O2. The molecule has 0 aromatic carbocycles. The molecule has 44 heavy (non-hydrogen) atoms. The van der Waals surface area contributed by atoms with Gasteiger partial charge in [-0.3, -0.25) is 14.4 Å². The van der Waals surface area contributed by atoms with Gasteiger partial charge in [-0.15, -0.1) is 0 Å². The number of carbonyl (C=O) groups is 3. The molecule has 7 saturated heterocycles. The molecule has 8 aliphatic rings. The summed E-state index contributed by atoms with van der Waals surface area (Å²) in [5, 5.41) is 3.86. The Bertz CT molecular complexity index is 940. The zero-order valence-corrected chi connectivity index (χ0v) is 28.8. The Labute approximate surface area is 269 Å². The number of esters is 1. The van der Waals surface area contributed by atoms with Gasteiger partial charge in [-0.05, 0) is 58.2 Å². The average Bonchev–Trinajstić information content (AvgIpc) is 3.35. The zero-order valence-electron chi connectivity index (χ0n) is 28.0. The van der Waals surface area contributed by atoms with Crippen molar-refractivity contribution in [2.24, 2.45) is 53.3 Å². The predicted octanol–water partition coefficient (Wildman–Crippen LogP) is 1.48. The van der Waals surface area contributed by atoms with Crippen molar-refractivity contribution in [2.45, 2.75) is 52.4 Å². The van der Waals surface area contributed by atoms with Gasteiger partial charge in [0.2, 0.25) is 5.91 Å². The summed E-state index contributed by atoms with van der Waals surface area (Å²) >= 11 is 5.14. The molecule has 1 amide bonds. The normalized spacial score (nSPS) is 44.4. The third-order valence-corrected chi connectivity index (χ3v) is 12.2. The van der Waals surface area contributed by atoms with Crippen molar-refractivity contribution in [3.05, 3.63) is 0 Å². The van der Waals surface area contributed by atoms with E-state index in [1.807, 2.05) is 7.05 Å². The molecule has 0 radical (unpaired) electrons. The molecule has 11 heteroatoms. The topological polar surface area (TPSA) is 94.7 Å². The van der Waals surface area contributed by atoms with E-state index < -0.39 is 0 Å². The van der Waals surface area contributed by atoms with Crippen LogP contribution in [0.15, 0.2) is 0 Å². The van der Waals surface area contributed by atoms with Gasteiger partial charge in [0.25, 0.3) is 0 Å². The second-order valence-corrected chi connectivity index (χ2v) is 15.6. The summed E-state index contributed by atoms with van der Waals surface area (Å²) in [5.41, 5.74) is 0. The number of hydrogen-bond donors (Lipinski definition) is 1. The minimum absolute atomic E-state index is 0.00634. The predicted molar refractivity (Wildman–Crippen MR) is 173 cm³/mol. The van der Waals surface area contributed by atoms with Crippen molar-refractivity contribution in [3.8, 4) is 0 Å². The molecule has 12 atom stereocenters. The maximum atomic E-state index is 11.4. The van der Waals surface area contributed by atoms with Crippen LogP contribution < -0.4 is 5.32 Å². The van der Waals surface area contributed by atoms with Gasteiger partial charge in [0.1, 0.15) is 18.0 Å². The molecule has 0 spiro atoms. The lowest BCUT2D eigenvalue weighted by Crippen LogP contribution is -2.43. The van der Waals surface area contributed by atoms with Crippen LogP contribution in [0.5, 0.6) is 0 Å². The van der Waals surface area contributed by atoms with Gasteiger partial charge in [0, 0.05) is 88.5 Å². The third kappa shape index (κ3) is 7.01. The van der Waals surface area contributed by atoms with Crippen LogP contribution in [-0.4, -0.2) is 141 Å². The summed E-state index contributed by atoms with van der Waals surface area (Å²) in [6.45, 7) is 16.7. The zero-order chi connectivity index (χ0) is 32.0. The monoisotopic (exact) mass is 633 g/mol. The molecule has 1 aliphatic carbocycles. The lowest BCUT2D eigenvalue weighted by molar-refractivity contribution is -0.142. The largest absolute Gasteiger partial charge is 0.482 e. The van der Waals surface area contributed by atoms with E-state index in [0.717, 1.165) is 63.8 Å². The number of nitrogens with zero attached hydrogens (tertiary/aromatic N) is 4. The van der Waals surface area contributed by atoms with Crippen LogP contribution in [0.2, 0.25) is 0 Å². The molecule has 0 aromatic rings. The summed E-state index contributed by atoms with van der Waals surface area (Å²) in [5.74, 6) is 4.94. The summed E-state index contributed by atoms with van der Waals surface area (Å²) in [6, 6.07) is 0.409. The number of carbonyl (C=O) groups excluding carboxylic acids is 3. The van der Waals surface area contributed by atoms with Gasteiger partial charge in [-0.2, -0.15) is 0 Å². The highest BCUT2D eigenvalue weighted by atomic mass is 32.1. The van der Waals surface area contributed by atoms with E-state index in [2.05, 4.69) is 73.8 Å². The highest BCUT2D eigenvalue weighted by Crippen LogP contribution is 2.38. The highest BCUT2D eigenvalue weighted by Gasteiger charge is 2.47. The first kappa shape index (κ1) is 33.7. The number of likely N-dealkylation sites (N-methyl/N-ethyl adjacent to an activating group) is 3. The van der Waals surface area contributed by atoms with E-state index in [4.69, 9.17) is 21.7 Å². The van der Waals surface area contributed by atoms with Gasteiger partial charge in [0.15, 0.2) is 5.05 Å². The number of Topliss-reactive ketones (excluding diaryl/α,β-unsaturated/α-hetero) is 1. The van der Waals surface area contributed by atoms with Crippen molar-refractivity contribution < 1.29 is 23.9 Å². The number of fused-ring (bicyclic) bond motifs is 8. The molecule has 8 fully saturated rings. The maximum absolute atomic E-state index is 11.4. The summed E-state index contributed by atoms with van der Waals surface area (Å²) in [4.78, 5) is 42.8. The molecule has 8 bridgehead atoms. The number of rotatable bonds is 0. The maximum Gasteiger partial charge on any atom is 0.310 e. The lowest BCUT2D eigenvalue weighted by atomic mass is 9.87. The molecule has 10 nitrogen and oxygen atoms in total. The number of piperidine rings is 4. The van der Waals surface area contributed by atoms with Crippen LogP contribution >= 0.6 is 12.2 Å².